The van der Waals surface area contributed by atoms with Gasteiger partial charge in [-0.2, -0.15) is 0 Å². The molecule has 6 nitrogen and oxygen atoms in total. The number of benzene rings is 1. The van der Waals surface area contributed by atoms with Crippen molar-refractivity contribution in [2.24, 2.45) is 5.73 Å². The zero-order chi connectivity index (χ0) is 14.9. The van der Waals surface area contributed by atoms with Gasteiger partial charge in [0.1, 0.15) is 5.56 Å². The topological polar surface area (TPSA) is 87.1 Å². The Labute approximate surface area is 139 Å². The zero-order valence-corrected chi connectivity index (χ0v) is 13.7. The first-order chi connectivity index (χ1) is 9.43. The summed E-state index contributed by atoms with van der Waals surface area (Å²) in [5.74, 6) is -0.853. The standard InChI is InChI=1S/C14H15N3O3.2ClH/c1-9(2)16-8-11(12(15)18)13(19)17(14(16)20)10-6-4-3-5-7-10;;/h3-9H,1-2H3,(H2,15,18);2*1H. The Morgan fingerprint density at radius 3 is 2.09 bits per heavy atom. The van der Waals surface area contributed by atoms with Gasteiger partial charge in [0.25, 0.3) is 11.5 Å². The van der Waals surface area contributed by atoms with E-state index in [1.165, 1.54) is 10.8 Å². The monoisotopic (exact) mass is 345 g/mol. The first kappa shape index (κ1) is 19.9. The van der Waals surface area contributed by atoms with Gasteiger partial charge >= 0.3 is 5.69 Å². The van der Waals surface area contributed by atoms with E-state index in [0.29, 0.717) is 5.69 Å². The predicted molar refractivity (Wildman–Crippen MR) is 89.7 cm³/mol. The molecule has 0 radical (unpaired) electrons. The van der Waals surface area contributed by atoms with Gasteiger partial charge in [-0.1, -0.05) is 18.2 Å². The lowest BCUT2D eigenvalue weighted by Gasteiger charge is -2.14. The summed E-state index contributed by atoms with van der Waals surface area (Å²) in [6.45, 7) is 3.57. The van der Waals surface area contributed by atoms with Crippen LogP contribution in [0.2, 0.25) is 0 Å². The summed E-state index contributed by atoms with van der Waals surface area (Å²) in [7, 11) is 0. The van der Waals surface area contributed by atoms with Crippen molar-refractivity contribution in [1.82, 2.24) is 9.13 Å². The molecule has 2 N–H and O–H groups in total. The van der Waals surface area contributed by atoms with Crippen molar-refractivity contribution in [1.29, 1.82) is 0 Å². The van der Waals surface area contributed by atoms with Crippen molar-refractivity contribution in [2.75, 3.05) is 0 Å². The summed E-state index contributed by atoms with van der Waals surface area (Å²) < 4.78 is 2.27. The van der Waals surface area contributed by atoms with Crippen LogP contribution in [-0.4, -0.2) is 15.0 Å². The fourth-order valence-corrected chi connectivity index (χ4v) is 1.92. The van der Waals surface area contributed by atoms with Crippen LogP contribution < -0.4 is 17.0 Å². The molecule has 0 saturated heterocycles. The molecule has 0 atom stereocenters. The fourth-order valence-electron chi connectivity index (χ4n) is 1.92. The van der Waals surface area contributed by atoms with E-state index in [-0.39, 0.29) is 36.4 Å². The van der Waals surface area contributed by atoms with Crippen molar-refractivity contribution in [3.8, 4) is 5.69 Å². The molecular weight excluding hydrogens is 329 g/mol. The minimum absolute atomic E-state index is 0. The summed E-state index contributed by atoms with van der Waals surface area (Å²) in [5.41, 5.74) is 4.21. The van der Waals surface area contributed by atoms with Crippen LogP contribution in [0.1, 0.15) is 30.2 Å². The Bertz CT molecular complexity index is 767. The van der Waals surface area contributed by atoms with E-state index in [2.05, 4.69) is 0 Å². The van der Waals surface area contributed by atoms with Gasteiger partial charge in [0.15, 0.2) is 0 Å². The number of carbonyl (C=O) groups excluding carboxylic acids is 1. The summed E-state index contributed by atoms with van der Waals surface area (Å²) >= 11 is 0. The van der Waals surface area contributed by atoms with Crippen LogP contribution in [0.15, 0.2) is 46.1 Å². The lowest BCUT2D eigenvalue weighted by Crippen LogP contribution is -2.42. The zero-order valence-electron chi connectivity index (χ0n) is 12.1. The molecule has 22 heavy (non-hydrogen) atoms. The Balaban J connectivity index is 0.00000220. The number of aromatic nitrogens is 2. The first-order valence-electron chi connectivity index (χ1n) is 6.17. The third-order valence-electron chi connectivity index (χ3n) is 2.95. The summed E-state index contributed by atoms with van der Waals surface area (Å²) in [6, 6.07) is 8.23. The van der Waals surface area contributed by atoms with Gasteiger partial charge < -0.3 is 5.73 Å². The third-order valence-corrected chi connectivity index (χ3v) is 2.95. The normalized spacial score (nSPS) is 9.77. The van der Waals surface area contributed by atoms with Gasteiger partial charge in [-0.25, -0.2) is 9.36 Å². The largest absolute Gasteiger partial charge is 0.365 e. The maximum atomic E-state index is 12.4. The smallest absolute Gasteiger partial charge is 0.335 e. The highest BCUT2D eigenvalue weighted by Crippen LogP contribution is 2.05. The van der Waals surface area contributed by atoms with Crippen LogP contribution in [0.3, 0.4) is 0 Å². The van der Waals surface area contributed by atoms with Gasteiger partial charge in [0.2, 0.25) is 0 Å². The van der Waals surface area contributed by atoms with E-state index >= 15 is 0 Å². The molecule has 1 heterocycles. The van der Waals surface area contributed by atoms with Gasteiger partial charge in [0, 0.05) is 12.2 Å². The molecule has 0 saturated carbocycles. The second-order valence-electron chi connectivity index (χ2n) is 4.67. The van der Waals surface area contributed by atoms with Crippen LogP contribution in [-0.2, 0) is 0 Å². The van der Waals surface area contributed by atoms with Crippen LogP contribution in [0.4, 0.5) is 0 Å². The molecule has 1 aromatic heterocycles. The number of hydrogen-bond donors (Lipinski definition) is 1. The van der Waals surface area contributed by atoms with Gasteiger partial charge in [-0.05, 0) is 26.0 Å². The Morgan fingerprint density at radius 1 is 1.09 bits per heavy atom. The van der Waals surface area contributed by atoms with Crippen molar-refractivity contribution in [3.63, 3.8) is 0 Å². The lowest BCUT2D eigenvalue weighted by atomic mass is 10.2. The second kappa shape index (κ2) is 7.82. The highest BCUT2D eigenvalue weighted by molar-refractivity contribution is 5.92. The summed E-state index contributed by atoms with van der Waals surface area (Å²) in [6.07, 6.45) is 1.22. The van der Waals surface area contributed by atoms with E-state index in [1.807, 2.05) is 0 Å². The molecule has 1 amide bonds. The number of rotatable bonds is 3. The fraction of sp³-hybridized carbons (Fsp3) is 0.214. The number of amides is 1. The highest BCUT2D eigenvalue weighted by atomic mass is 35.5. The Hall–Kier alpha value is -2.05. The van der Waals surface area contributed by atoms with E-state index in [4.69, 9.17) is 5.73 Å². The number of nitrogens with two attached hydrogens (primary N) is 1. The molecule has 8 heteroatoms. The van der Waals surface area contributed by atoms with E-state index in [0.717, 1.165) is 4.57 Å². The predicted octanol–water partition coefficient (Wildman–Crippen LogP) is 1.52. The molecular formula is C14H17Cl2N3O3. The van der Waals surface area contributed by atoms with Crippen LogP contribution in [0, 0.1) is 0 Å². The molecule has 0 aliphatic carbocycles. The van der Waals surface area contributed by atoms with E-state index < -0.39 is 17.2 Å². The molecule has 0 aliphatic rings. The lowest BCUT2D eigenvalue weighted by molar-refractivity contribution is 0.0997. The highest BCUT2D eigenvalue weighted by Gasteiger charge is 2.17. The van der Waals surface area contributed by atoms with Crippen molar-refractivity contribution < 1.29 is 4.79 Å². The van der Waals surface area contributed by atoms with Crippen LogP contribution >= 0.6 is 24.8 Å². The number of hydrogen-bond acceptors (Lipinski definition) is 3. The van der Waals surface area contributed by atoms with Crippen molar-refractivity contribution >= 4 is 30.7 Å². The molecule has 2 aromatic rings. The number of primary amides is 1. The van der Waals surface area contributed by atoms with Crippen LogP contribution in [0.5, 0.6) is 0 Å². The molecule has 120 valence electrons. The number of halogens is 2. The number of nitrogens with zero attached hydrogens (tertiary/aromatic N) is 2. The number of carbonyl (C=O) groups is 1. The van der Waals surface area contributed by atoms with Gasteiger partial charge in [-0.15, -0.1) is 24.8 Å². The van der Waals surface area contributed by atoms with Crippen LogP contribution in [0.25, 0.3) is 5.69 Å². The summed E-state index contributed by atoms with van der Waals surface area (Å²) in [4.78, 5) is 36.0. The molecule has 0 bridgehead atoms. The molecule has 0 aliphatic heterocycles. The maximum absolute atomic E-state index is 12.4. The van der Waals surface area contributed by atoms with Crippen molar-refractivity contribution in [3.05, 3.63) is 62.9 Å². The first-order valence-corrected chi connectivity index (χ1v) is 6.17. The minimum Gasteiger partial charge on any atom is -0.365 e. The number of para-hydroxylation sites is 1. The quantitative estimate of drug-likeness (QED) is 0.914. The van der Waals surface area contributed by atoms with Gasteiger partial charge in [0.05, 0.1) is 5.69 Å². The molecule has 1 aromatic carbocycles. The summed E-state index contributed by atoms with van der Waals surface area (Å²) in [5, 5.41) is 0. The molecule has 2 rings (SSSR count). The SMILES string of the molecule is CC(C)n1cc(C(N)=O)c(=O)n(-c2ccccc2)c1=O.Cl.Cl. The molecule has 0 fully saturated rings. The maximum Gasteiger partial charge on any atom is 0.335 e. The molecule has 0 spiro atoms. The van der Waals surface area contributed by atoms with E-state index in [9.17, 15) is 14.4 Å². The van der Waals surface area contributed by atoms with Gasteiger partial charge in [-0.3, -0.25) is 14.2 Å². The minimum atomic E-state index is -0.853. The van der Waals surface area contributed by atoms with Crippen molar-refractivity contribution in [2.45, 2.75) is 19.9 Å². The average molecular weight is 346 g/mol. The Kier molecular flexibility index (Phi) is 7.09. The average Bonchev–Trinajstić information content (AvgIpc) is 2.39. The second-order valence-corrected chi connectivity index (χ2v) is 4.67. The van der Waals surface area contributed by atoms with E-state index in [1.54, 1.807) is 44.2 Å². The third kappa shape index (κ3) is 3.58. The Morgan fingerprint density at radius 2 is 1.64 bits per heavy atom. The molecule has 0 unspecified atom stereocenters.